The van der Waals surface area contributed by atoms with Crippen LogP contribution in [-0.4, -0.2) is 0 Å². The van der Waals surface area contributed by atoms with E-state index >= 15 is 0 Å². The summed E-state index contributed by atoms with van der Waals surface area (Å²) in [6, 6.07) is 3.88. The van der Waals surface area contributed by atoms with Crippen molar-refractivity contribution >= 4 is 0 Å². The van der Waals surface area contributed by atoms with E-state index in [4.69, 9.17) is 0 Å². The molecule has 1 aromatic rings. The van der Waals surface area contributed by atoms with Gasteiger partial charge in [-0.05, 0) is 29.9 Å². The highest BCUT2D eigenvalue weighted by Crippen LogP contribution is 2.44. The summed E-state index contributed by atoms with van der Waals surface area (Å²) in [5.74, 6) is -0.897. The predicted octanol–water partition coefficient (Wildman–Crippen LogP) is 3.41. The summed E-state index contributed by atoms with van der Waals surface area (Å²) in [4.78, 5) is 0. The molecular weight excluding hydrogens is 170 g/mol. The Hall–Kier alpha value is -0.920. The molecule has 0 amide bonds. The highest BCUT2D eigenvalue weighted by Gasteiger charge is 2.35. The van der Waals surface area contributed by atoms with E-state index in [1.165, 1.54) is 6.07 Å². The maximum absolute atomic E-state index is 13.3. The average molecular weight is 182 g/mol. The van der Waals surface area contributed by atoms with Crippen LogP contribution in [0.1, 0.15) is 31.7 Å². The highest BCUT2D eigenvalue weighted by atomic mass is 19.1. The molecular formula is C11H12F2. The van der Waals surface area contributed by atoms with E-state index in [0.29, 0.717) is 5.56 Å². The van der Waals surface area contributed by atoms with Gasteiger partial charge in [0.2, 0.25) is 0 Å². The Morgan fingerprint density at radius 1 is 1.23 bits per heavy atom. The fourth-order valence-electron chi connectivity index (χ4n) is 1.96. The van der Waals surface area contributed by atoms with Gasteiger partial charge < -0.3 is 0 Å². The van der Waals surface area contributed by atoms with Gasteiger partial charge in [0.15, 0.2) is 0 Å². The molecule has 2 rings (SSSR count). The fraction of sp³-hybridized carbons (Fsp3) is 0.455. The van der Waals surface area contributed by atoms with Crippen LogP contribution in [0.5, 0.6) is 0 Å². The Morgan fingerprint density at radius 2 is 1.92 bits per heavy atom. The van der Waals surface area contributed by atoms with E-state index in [1.807, 2.05) is 6.92 Å². The third-order valence-corrected chi connectivity index (χ3v) is 3.04. The first-order valence-electron chi connectivity index (χ1n) is 4.57. The molecule has 0 radical (unpaired) electrons. The highest BCUT2D eigenvalue weighted by molar-refractivity contribution is 5.28. The van der Waals surface area contributed by atoms with Gasteiger partial charge in [-0.15, -0.1) is 0 Å². The lowest BCUT2D eigenvalue weighted by molar-refractivity contribution is 0.262. The van der Waals surface area contributed by atoms with Gasteiger partial charge in [-0.1, -0.05) is 19.4 Å². The second kappa shape index (κ2) is 2.79. The summed E-state index contributed by atoms with van der Waals surface area (Å²) < 4.78 is 25.9. The third-order valence-electron chi connectivity index (χ3n) is 3.04. The van der Waals surface area contributed by atoms with Crippen LogP contribution < -0.4 is 0 Å². The third kappa shape index (κ3) is 1.34. The van der Waals surface area contributed by atoms with Crippen molar-refractivity contribution in [3.63, 3.8) is 0 Å². The summed E-state index contributed by atoms with van der Waals surface area (Å²) in [5.41, 5.74) is 0.623. The monoisotopic (exact) mass is 182 g/mol. The average Bonchev–Trinajstić information content (AvgIpc) is 2.00. The molecule has 2 heteroatoms. The fourth-order valence-corrected chi connectivity index (χ4v) is 1.96. The SMILES string of the molecule is CC1(c2ccc(F)cc2F)CCC1. The molecule has 13 heavy (non-hydrogen) atoms. The van der Waals surface area contributed by atoms with Crippen LogP contribution >= 0.6 is 0 Å². The van der Waals surface area contributed by atoms with E-state index in [2.05, 4.69) is 0 Å². The minimum Gasteiger partial charge on any atom is -0.207 e. The Balaban J connectivity index is 2.40. The van der Waals surface area contributed by atoms with Crippen LogP contribution in [0.4, 0.5) is 8.78 Å². The van der Waals surface area contributed by atoms with E-state index < -0.39 is 11.6 Å². The van der Waals surface area contributed by atoms with Crippen LogP contribution in [0, 0.1) is 11.6 Å². The first-order chi connectivity index (χ1) is 6.12. The maximum atomic E-state index is 13.3. The molecule has 1 saturated carbocycles. The van der Waals surface area contributed by atoms with Gasteiger partial charge in [0, 0.05) is 6.07 Å². The topological polar surface area (TPSA) is 0 Å². The standard InChI is InChI=1S/C11H12F2/c1-11(5-2-6-11)9-4-3-8(12)7-10(9)13/h3-4,7H,2,5-6H2,1H3. The van der Waals surface area contributed by atoms with Crippen LogP contribution in [0.25, 0.3) is 0 Å². The molecule has 0 atom stereocenters. The van der Waals surface area contributed by atoms with Gasteiger partial charge in [-0.2, -0.15) is 0 Å². The lowest BCUT2D eigenvalue weighted by Gasteiger charge is -2.39. The molecule has 0 spiro atoms. The van der Waals surface area contributed by atoms with Gasteiger partial charge in [0.1, 0.15) is 11.6 Å². The maximum Gasteiger partial charge on any atom is 0.129 e. The molecule has 1 aliphatic carbocycles. The molecule has 1 fully saturated rings. The van der Waals surface area contributed by atoms with Crippen molar-refractivity contribution < 1.29 is 8.78 Å². The molecule has 0 N–H and O–H groups in total. The van der Waals surface area contributed by atoms with Crippen LogP contribution in [-0.2, 0) is 5.41 Å². The van der Waals surface area contributed by atoms with E-state index in [9.17, 15) is 8.78 Å². The quantitative estimate of drug-likeness (QED) is 0.624. The molecule has 0 unspecified atom stereocenters. The van der Waals surface area contributed by atoms with Crippen molar-refractivity contribution in [1.29, 1.82) is 0 Å². The summed E-state index contributed by atoms with van der Waals surface area (Å²) in [5, 5.41) is 0. The summed E-state index contributed by atoms with van der Waals surface area (Å²) in [6.07, 6.45) is 3.17. The Morgan fingerprint density at radius 3 is 2.38 bits per heavy atom. The van der Waals surface area contributed by atoms with Gasteiger partial charge in [-0.3, -0.25) is 0 Å². The molecule has 1 aliphatic rings. The number of halogens is 2. The van der Waals surface area contributed by atoms with Gasteiger partial charge in [0.05, 0.1) is 0 Å². The van der Waals surface area contributed by atoms with Crippen LogP contribution in [0.3, 0.4) is 0 Å². The summed E-state index contributed by atoms with van der Waals surface area (Å²) in [7, 11) is 0. The molecule has 0 aromatic heterocycles. The molecule has 0 saturated heterocycles. The molecule has 0 nitrogen and oxygen atoms in total. The van der Waals surface area contributed by atoms with Crippen LogP contribution in [0.2, 0.25) is 0 Å². The van der Waals surface area contributed by atoms with Gasteiger partial charge in [0.25, 0.3) is 0 Å². The van der Waals surface area contributed by atoms with Crippen molar-refractivity contribution in [2.24, 2.45) is 0 Å². The Bertz CT molecular complexity index is 327. The second-order valence-electron chi connectivity index (χ2n) is 4.04. The predicted molar refractivity (Wildman–Crippen MR) is 47.6 cm³/mol. The van der Waals surface area contributed by atoms with Crippen molar-refractivity contribution in [3.8, 4) is 0 Å². The minimum absolute atomic E-state index is 0.0439. The number of hydrogen-bond donors (Lipinski definition) is 0. The lowest BCUT2D eigenvalue weighted by atomic mass is 9.66. The van der Waals surface area contributed by atoms with E-state index in [-0.39, 0.29) is 5.41 Å². The van der Waals surface area contributed by atoms with Crippen molar-refractivity contribution in [2.45, 2.75) is 31.6 Å². The first kappa shape index (κ1) is 8.67. The Labute approximate surface area is 76.6 Å². The normalized spacial score (nSPS) is 19.6. The molecule has 70 valence electrons. The molecule has 1 aromatic carbocycles. The van der Waals surface area contributed by atoms with Crippen molar-refractivity contribution in [1.82, 2.24) is 0 Å². The van der Waals surface area contributed by atoms with Crippen molar-refractivity contribution in [3.05, 3.63) is 35.4 Å². The number of benzene rings is 1. The Kier molecular flexibility index (Phi) is 1.86. The van der Waals surface area contributed by atoms with Crippen molar-refractivity contribution in [2.75, 3.05) is 0 Å². The van der Waals surface area contributed by atoms with Gasteiger partial charge >= 0.3 is 0 Å². The smallest absolute Gasteiger partial charge is 0.129 e. The van der Waals surface area contributed by atoms with E-state index in [1.54, 1.807) is 6.07 Å². The first-order valence-corrected chi connectivity index (χ1v) is 4.57. The van der Waals surface area contributed by atoms with E-state index in [0.717, 1.165) is 25.3 Å². The minimum atomic E-state index is -0.496. The molecule has 0 heterocycles. The van der Waals surface area contributed by atoms with Gasteiger partial charge in [-0.25, -0.2) is 8.78 Å². The zero-order valence-corrected chi connectivity index (χ0v) is 7.61. The largest absolute Gasteiger partial charge is 0.207 e. The number of rotatable bonds is 1. The molecule has 0 bridgehead atoms. The lowest BCUT2D eigenvalue weighted by Crippen LogP contribution is -2.31. The van der Waals surface area contributed by atoms with Crippen LogP contribution in [0.15, 0.2) is 18.2 Å². The summed E-state index contributed by atoms with van der Waals surface area (Å²) >= 11 is 0. The number of hydrogen-bond acceptors (Lipinski definition) is 0. The zero-order valence-electron chi connectivity index (χ0n) is 7.61. The molecule has 0 aliphatic heterocycles. The zero-order chi connectivity index (χ0) is 9.47. The summed E-state index contributed by atoms with van der Waals surface area (Å²) in [6.45, 7) is 2.03. The second-order valence-corrected chi connectivity index (χ2v) is 4.04.